The van der Waals surface area contributed by atoms with Gasteiger partial charge in [0.15, 0.2) is 9.84 Å². The minimum absolute atomic E-state index is 0.322. The average molecular weight is 489 g/mol. The van der Waals surface area contributed by atoms with Crippen LogP contribution in [-0.2, 0) is 25.9 Å². The van der Waals surface area contributed by atoms with Crippen LogP contribution in [0.4, 0.5) is 26.3 Å². The molecule has 3 rings (SSSR count). The van der Waals surface area contributed by atoms with Gasteiger partial charge in [0.1, 0.15) is 11.2 Å². The van der Waals surface area contributed by atoms with Crippen LogP contribution in [0.15, 0.2) is 38.7 Å². The molecule has 0 aliphatic rings. The molecule has 0 N–H and O–H groups in total. The van der Waals surface area contributed by atoms with Crippen LogP contribution >= 0.6 is 0 Å². The summed E-state index contributed by atoms with van der Waals surface area (Å²) in [6.07, 6.45) is -4.23. The van der Waals surface area contributed by atoms with Crippen LogP contribution in [0.25, 0.3) is 22.8 Å². The number of alkyl halides is 6. The molecule has 0 atom stereocenters. The lowest BCUT2D eigenvalue weighted by molar-refractivity contribution is -0.138. The molecule has 8 nitrogen and oxygen atoms in total. The van der Waals surface area contributed by atoms with Crippen molar-refractivity contribution in [2.24, 2.45) is 0 Å². The molecule has 0 spiro atoms. The van der Waals surface area contributed by atoms with Crippen LogP contribution in [0.3, 0.4) is 0 Å². The van der Waals surface area contributed by atoms with E-state index in [1.165, 1.54) is 6.92 Å². The number of hydrogen-bond donors (Lipinski definition) is 0. The Kier molecular flexibility index (Phi) is 5.29. The maximum atomic E-state index is 13.0. The molecule has 168 valence electrons. The molecule has 3 heterocycles. The fourth-order valence-electron chi connectivity index (χ4n) is 2.34. The van der Waals surface area contributed by atoms with Crippen LogP contribution in [0.2, 0.25) is 0 Å². The summed E-state index contributed by atoms with van der Waals surface area (Å²) in [5.74, 6) is -1.28. The van der Waals surface area contributed by atoms with Gasteiger partial charge in [-0.3, -0.25) is 0 Å². The molecule has 16 heteroatoms. The third-order valence-corrected chi connectivity index (χ3v) is 7.13. The van der Waals surface area contributed by atoms with Gasteiger partial charge in [-0.2, -0.15) is 26.3 Å². The van der Waals surface area contributed by atoms with Crippen molar-refractivity contribution in [1.29, 1.82) is 0 Å². The number of pyridine rings is 2. The first-order valence-corrected chi connectivity index (χ1v) is 11.1. The Balaban J connectivity index is 2.23. The van der Waals surface area contributed by atoms with E-state index >= 15 is 0 Å². The van der Waals surface area contributed by atoms with E-state index in [2.05, 4.69) is 15.0 Å². The molecule has 0 aromatic carbocycles. The lowest BCUT2D eigenvalue weighted by atomic mass is 10.2. The summed E-state index contributed by atoms with van der Waals surface area (Å²) < 4.78 is 130. The molecule has 0 saturated heterocycles. The van der Waals surface area contributed by atoms with E-state index in [9.17, 15) is 43.2 Å². The Morgan fingerprint density at radius 1 is 0.968 bits per heavy atom. The molecule has 0 saturated carbocycles. The molecule has 3 aromatic rings. The minimum atomic E-state index is -5.76. The monoisotopic (exact) mass is 489 g/mol. The number of rotatable bonds is 4. The number of halogens is 6. The van der Waals surface area contributed by atoms with E-state index < -0.39 is 75.3 Å². The second kappa shape index (κ2) is 7.15. The molecule has 0 radical (unpaired) electrons. The summed E-state index contributed by atoms with van der Waals surface area (Å²) in [7, 11) is -10.0. The second-order valence-electron chi connectivity index (χ2n) is 5.94. The zero-order valence-electron chi connectivity index (χ0n) is 15.0. The number of nitrogens with zero attached hydrogens (tertiary/aromatic N) is 3. The summed E-state index contributed by atoms with van der Waals surface area (Å²) in [5.41, 5.74) is -8.63. The molecule has 0 amide bonds. The highest BCUT2D eigenvalue weighted by Gasteiger charge is 2.47. The van der Waals surface area contributed by atoms with Crippen molar-refractivity contribution in [3.63, 3.8) is 0 Å². The largest absolute Gasteiger partial charge is 0.501 e. The Morgan fingerprint density at radius 2 is 1.61 bits per heavy atom. The summed E-state index contributed by atoms with van der Waals surface area (Å²) >= 11 is 0. The van der Waals surface area contributed by atoms with Crippen molar-refractivity contribution in [3.8, 4) is 11.6 Å². The molecule has 0 aliphatic heterocycles. The van der Waals surface area contributed by atoms with Gasteiger partial charge in [0.05, 0.1) is 27.3 Å². The third kappa shape index (κ3) is 4.08. The van der Waals surface area contributed by atoms with Crippen LogP contribution in [0, 0.1) is 0 Å². The lowest BCUT2D eigenvalue weighted by Gasteiger charge is -2.10. The maximum absolute atomic E-state index is 13.0. The van der Waals surface area contributed by atoms with Gasteiger partial charge in [-0.05, 0) is 12.1 Å². The highest BCUT2D eigenvalue weighted by molar-refractivity contribution is 7.92. The standard InChI is InChI=1S/C15H9F6N3O5S2/c1-2-30(25,26)10-3-7(14(16,17)18)5-22-11(10)13-24-9-4-8(6-23-12(9)29-13)31(27,28)15(19,20)21/h3-6H,2H2,1H3. The van der Waals surface area contributed by atoms with E-state index in [1.807, 2.05) is 0 Å². The predicted octanol–water partition coefficient (Wildman–Crippen LogP) is 3.39. The summed E-state index contributed by atoms with van der Waals surface area (Å²) in [6.45, 7) is 1.17. The molecule has 0 fully saturated rings. The lowest BCUT2D eigenvalue weighted by Crippen LogP contribution is -2.23. The smallest absolute Gasteiger partial charge is 0.416 e. The van der Waals surface area contributed by atoms with Gasteiger partial charge in [-0.25, -0.2) is 31.8 Å². The van der Waals surface area contributed by atoms with E-state index in [0.29, 0.717) is 24.5 Å². The molecule has 0 unspecified atom stereocenters. The average Bonchev–Trinajstić information content (AvgIpc) is 3.09. The van der Waals surface area contributed by atoms with Gasteiger partial charge in [-0.1, -0.05) is 6.92 Å². The number of hydrogen-bond acceptors (Lipinski definition) is 8. The van der Waals surface area contributed by atoms with Crippen LogP contribution in [0.5, 0.6) is 0 Å². The van der Waals surface area contributed by atoms with Crippen LogP contribution in [-0.4, -0.2) is 43.0 Å². The van der Waals surface area contributed by atoms with Gasteiger partial charge < -0.3 is 4.42 Å². The first-order valence-electron chi connectivity index (χ1n) is 7.96. The normalized spacial score (nSPS) is 13.6. The van der Waals surface area contributed by atoms with Gasteiger partial charge in [0.25, 0.3) is 9.84 Å². The first-order chi connectivity index (χ1) is 14.1. The Labute approximate surface area is 169 Å². The van der Waals surface area contributed by atoms with E-state index in [1.54, 1.807) is 0 Å². The third-order valence-electron chi connectivity index (χ3n) is 3.94. The van der Waals surface area contributed by atoms with Crippen molar-refractivity contribution >= 4 is 30.9 Å². The fourth-order valence-corrected chi connectivity index (χ4v) is 4.12. The number of fused-ring (bicyclic) bond motifs is 1. The van der Waals surface area contributed by atoms with Gasteiger partial charge in [0.2, 0.25) is 11.6 Å². The highest BCUT2D eigenvalue weighted by Crippen LogP contribution is 2.36. The van der Waals surface area contributed by atoms with Crippen LogP contribution < -0.4 is 0 Å². The van der Waals surface area contributed by atoms with E-state index in [-0.39, 0.29) is 0 Å². The van der Waals surface area contributed by atoms with Gasteiger partial charge in [0, 0.05) is 6.20 Å². The molecule has 3 aromatic heterocycles. The first kappa shape index (κ1) is 22.9. The molecular weight excluding hydrogens is 480 g/mol. The summed E-state index contributed by atoms with van der Waals surface area (Å²) in [6, 6.07) is 0.805. The van der Waals surface area contributed by atoms with Gasteiger partial charge >= 0.3 is 11.7 Å². The SMILES string of the molecule is CCS(=O)(=O)c1cc(C(F)(F)F)cnc1-c1nc2cc(S(=O)(=O)C(F)(F)F)cnc2o1. The predicted molar refractivity (Wildman–Crippen MR) is 91.0 cm³/mol. The van der Waals surface area contributed by atoms with Crippen molar-refractivity contribution in [1.82, 2.24) is 15.0 Å². The van der Waals surface area contributed by atoms with Crippen molar-refractivity contribution in [3.05, 3.63) is 30.1 Å². The molecule has 0 aliphatic carbocycles. The number of sulfone groups is 2. The molecule has 0 bridgehead atoms. The van der Waals surface area contributed by atoms with E-state index in [4.69, 9.17) is 4.42 Å². The second-order valence-corrected chi connectivity index (χ2v) is 10.1. The van der Waals surface area contributed by atoms with E-state index in [0.717, 1.165) is 0 Å². The molecule has 31 heavy (non-hydrogen) atoms. The zero-order chi connectivity index (χ0) is 23.4. The highest BCUT2D eigenvalue weighted by atomic mass is 32.2. The Bertz CT molecular complexity index is 1380. The Hall–Kier alpha value is -2.75. The minimum Gasteiger partial charge on any atom is -0.416 e. The van der Waals surface area contributed by atoms with Crippen molar-refractivity contribution in [2.75, 3.05) is 5.75 Å². The summed E-state index contributed by atoms with van der Waals surface area (Å²) in [5, 5.41) is 0. The van der Waals surface area contributed by atoms with Crippen LogP contribution in [0.1, 0.15) is 12.5 Å². The van der Waals surface area contributed by atoms with Crippen molar-refractivity contribution in [2.45, 2.75) is 28.4 Å². The maximum Gasteiger partial charge on any atom is 0.501 e. The number of oxazole rings is 1. The molecular formula is C15H9F6N3O5S2. The topological polar surface area (TPSA) is 120 Å². The zero-order valence-corrected chi connectivity index (χ0v) is 16.6. The quantitative estimate of drug-likeness (QED) is 0.512. The van der Waals surface area contributed by atoms with Gasteiger partial charge in [-0.15, -0.1) is 0 Å². The number of aromatic nitrogens is 3. The van der Waals surface area contributed by atoms with Crippen molar-refractivity contribution < 1.29 is 47.6 Å². The summed E-state index contributed by atoms with van der Waals surface area (Å²) in [4.78, 5) is 8.40. The Morgan fingerprint density at radius 3 is 2.16 bits per heavy atom. The fraction of sp³-hybridized carbons (Fsp3) is 0.267.